The lowest BCUT2D eigenvalue weighted by Gasteiger charge is -2.22. The molecule has 0 saturated carbocycles. The van der Waals surface area contributed by atoms with Crippen LogP contribution in [0, 0.1) is 0 Å². The van der Waals surface area contributed by atoms with Crippen molar-refractivity contribution in [3.8, 4) is 0 Å². The molecule has 0 aliphatic rings. The summed E-state index contributed by atoms with van der Waals surface area (Å²) in [6.45, 7) is 6.27. The minimum Gasteiger partial charge on any atom is -0.229 e. The Kier molecular flexibility index (Phi) is 3.24. The molecule has 15 heavy (non-hydrogen) atoms. The third kappa shape index (κ3) is 3.67. The largest absolute Gasteiger partial charge is 0.229 e. The van der Waals surface area contributed by atoms with Crippen LogP contribution in [0.3, 0.4) is 0 Å². The summed E-state index contributed by atoms with van der Waals surface area (Å²) in [5.74, 6) is 0.125. The van der Waals surface area contributed by atoms with Gasteiger partial charge in [-0.2, -0.15) is 0 Å². The Hall–Kier alpha value is -0.830. The zero-order chi connectivity index (χ0) is 11.7. The van der Waals surface area contributed by atoms with Gasteiger partial charge in [0, 0.05) is 6.26 Å². The number of rotatable bonds is 2. The van der Waals surface area contributed by atoms with Gasteiger partial charge in [-0.15, -0.1) is 0 Å². The fourth-order valence-corrected chi connectivity index (χ4v) is 2.48. The maximum atomic E-state index is 11.3. The Labute approximate surface area is 92.2 Å². The Bertz CT molecular complexity index is 439. The average molecular weight is 226 g/mol. The third-order valence-corrected chi connectivity index (χ3v) is 3.08. The van der Waals surface area contributed by atoms with Crippen molar-refractivity contribution in [2.75, 3.05) is 6.26 Å². The van der Waals surface area contributed by atoms with Crippen molar-refractivity contribution < 1.29 is 8.42 Å². The van der Waals surface area contributed by atoms with Crippen LogP contribution in [-0.4, -0.2) is 14.7 Å². The number of benzene rings is 1. The van der Waals surface area contributed by atoms with Gasteiger partial charge in [0.2, 0.25) is 0 Å². The minimum absolute atomic E-state index is 0.0126. The second kappa shape index (κ2) is 3.97. The predicted octanol–water partition coefficient (Wildman–Crippen LogP) is 2.53. The molecule has 0 saturated heterocycles. The fourth-order valence-electron chi connectivity index (χ4n) is 1.66. The van der Waals surface area contributed by atoms with Gasteiger partial charge in [0.25, 0.3) is 0 Å². The van der Waals surface area contributed by atoms with Crippen LogP contribution in [0.4, 0.5) is 0 Å². The molecule has 0 aliphatic carbocycles. The third-order valence-electron chi connectivity index (χ3n) is 2.24. The highest BCUT2D eigenvalue weighted by molar-refractivity contribution is 7.89. The van der Waals surface area contributed by atoms with Crippen molar-refractivity contribution in [1.29, 1.82) is 0 Å². The molecule has 0 aromatic heterocycles. The highest BCUT2D eigenvalue weighted by Gasteiger charge is 2.19. The molecule has 84 valence electrons. The summed E-state index contributed by atoms with van der Waals surface area (Å²) in [7, 11) is -2.96. The Morgan fingerprint density at radius 2 is 1.67 bits per heavy atom. The predicted molar refractivity (Wildman–Crippen MR) is 63.7 cm³/mol. The molecule has 1 aromatic rings. The number of hydrogen-bond donors (Lipinski definition) is 0. The molecule has 0 N–H and O–H groups in total. The molecule has 0 atom stereocenters. The van der Waals surface area contributed by atoms with E-state index in [9.17, 15) is 8.42 Å². The lowest BCUT2D eigenvalue weighted by atomic mass is 9.84. The van der Waals surface area contributed by atoms with Crippen LogP contribution in [-0.2, 0) is 21.0 Å². The van der Waals surface area contributed by atoms with Crippen LogP contribution in [0.25, 0.3) is 0 Å². The maximum Gasteiger partial charge on any atom is 0.151 e. The van der Waals surface area contributed by atoms with Gasteiger partial charge < -0.3 is 0 Å². The van der Waals surface area contributed by atoms with Crippen molar-refractivity contribution in [3.05, 3.63) is 35.4 Å². The van der Waals surface area contributed by atoms with E-state index in [-0.39, 0.29) is 11.2 Å². The van der Waals surface area contributed by atoms with Crippen LogP contribution in [0.15, 0.2) is 24.3 Å². The molecule has 3 heteroatoms. The van der Waals surface area contributed by atoms with E-state index in [1.165, 1.54) is 6.26 Å². The average Bonchev–Trinajstić information content (AvgIpc) is 1.99. The second-order valence-electron chi connectivity index (χ2n) is 4.98. The quantitative estimate of drug-likeness (QED) is 0.776. The van der Waals surface area contributed by atoms with Gasteiger partial charge in [-0.05, 0) is 16.5 Å². The zero-order valence-electron chi connectivity index (χ0n) is 9.74. The lowest BCUT2D eigenvalue weighted by molar-refractivity contribution is 0.581. The Morgan fingerprint density at radius 3 is 2.13 bits per heavy atom. The molecule has 0 bridgehead atoms. The molecule has 1 rings (SSSR count). The lowest BCUT2D eigenvalue weighted by Crippen LogP contribution is -2.15. The van der Waals surface area contributed by atoms with Crippen LogP contribution in [0.1, 0.15) is 31.9 Å². The smallest absolute Gasteiger partial charge is 0.151 e. The van der Waals surface area contributed by atoms with E-state index in [1.54, 1.807) is 0 Å². The van der Waals surface area contributed by atoms with Gasteiger partial charge in [-0.3, -0.25) is 0 Å². The standard InChI is InChI=1S/C12H18O2S/c1-12(2,3)11-8-6-5-7-10(11)9-15(4,13)14/h5-8H,9H2,1-4H3. The van der Waals surface area contributed by atoms with Crippen molar-refractivity contribution in [2.24, 2.45) is 0 Å². The van der Waals surface area contributed by atoms with E-state index < -0.39 is 9.84 Å². The molecule has 0 unspecified atom stereocenters. The van der Waals surface area contributed by atoms with Crippen molar-refractivity contribution in [1.82, 2.24) is 0 Å². The van der Waals surface area contributed by atoms with Gasteiger partial charge in [0.05, 0.1) is 5.75 Å². The molecular formula is C12H18O2S. The van der Waals surface area contributed by atoms with Crippen LogP contribution in [0.2, 0.25) is 0 Å². The summed E-state index contributed by atoms with van der Waals surface area (Å²) in [5, 5.41) is 0. The highest BCUT2D eigenvalue weighted by Crippen LogP contribution is 2.26. The number of sulfone groups is 1. The monoisotopic (exact) mass is 226 g/mol. The van der Waals surface area contributed by atoms with Crippen molar-refractivity contribution >= 4 is 9.84 Å². The first-order valence-corrected chi connectivity index (χ1v) is 7.02. The molecule has 2 nitrogen and oxygen atoms in total. The molecule has 0 spiro atoms. The van der Waals surface area contributed by atoms with E-state index >= 15 is 0 Å². The van der Waals surface area contributed by atoms with E-state index in [1.807, 2.05) is 24.3 Å². The summed E-state index contributed by atoms with van der Waals surface area (Å²) in [6, 6.07) is 7.73. The summed E-state index contributed by atoms with van der Waals surface area (Å²) in [6.07, 6.45) is 1.27. The normalized spacial score (nSPS) is 12.8. The van der Waals surface area contributed by atoms with E-state index in [0.29, 0.717) is 0 Å². The summed E-state index contributed by atoms with van der Waals surface area (Å²) in [5.41, 5.74) is 2.00. The summed E-state index contributed by atoms with van der Waals surface area (Å²) < 4.78 is 22.6. The SMILES string of the molecule is CC(C)(C)c1ccccc1CS(C)(=O)=O. The van der Waals surface area contributed by atoms with Gasteiger partial charge in [-0.25, -0.2) is 8.42 Å². The van der Waals surface area contributed by atoms with Crippen LogP contribution in [0.5, 0.6) is 0 Å². The van der Waals surface area contributed by atoms with Crippen LogP contribution >= 0.6 is 0 Å². The summed E-state index contributed by atoms with van der Waals surface area (Å²) in [4.78, 5) is 0. The highest BCUT2D eigenvalue weighted by atomic mass is 32.2. The first-order valence-electron chi connectivity index (χ1n) is 4.96. The van der Waals surface area contributed by atoms with Crippen molar-refractivity contribution in [2.45, 2.75) is 31.9 Å². The topological polar surface area (TPSA) is 34.1 Å². The van der Waals surface area contributed by atoms with E-state index in [0.717, 1.165) is 11.1 Å². The van der Waals surface area contributed by atoms with Crippen molar-refractivity contribution in [3.63, 3.8) is 0 Å². The van der Waals surface area contributed by atoms with E-state index in [4.69, 9.17) is 0 Å². The zero-order valence-corrected chi connectivity index (χ0v) is 10.6. The molecule has 0 heterocycles. The summed E-state index contributed by atoms with van der Waals surface area (Å²) >= 11 is 0. The minimum atomic E-state index is -2.96. The van der Waals surface area contributed by atoms with Gasteiger partial charge in [-0.1, -0.05) is 45.0 Å². The molecule has 0 aliphatic heterocycles. The second-order valence-corrected chi connectivity index (χ2v) is 7.12. The van der Waals surface area contributed by atoms with Gasteiger partial charge in [0.15, 0.2) is 9.84 Å². The molecule has 0 amide bonds. The number of hydrogen-bond acceptors (Lipinski definition) is 2. The molecule has 0 fully saturated rings. The Morgan fingerprint density at radius 1 is 1.13 bits per heavy atom. The van der Waals surface area contributed by atoms with Gasteiger partial charge in [0.1, 0.15) is 0 Å². The maximum absolute atomic E-state index is 11.3. The Balaban J connectivity index is 3.19. The first-order chi connectivity index (χ1) is 6.70. The van der Waals surface area contributed by atoms with Gasteiger partial charge >= 0.3 is 0 Å². The van der Waals surface area contributed by atoms with E-state index in [2.05, 4.69) is 20.8 Å². The molecule has 1 aromatic carbocycles. The first kappa shape index (κ1) is 12.2. The molecule has 0 radical (unpaired) electrons. The van der Waals surface area contributed by atoms with Crippen LogP contribution < -0.4 is 0 Å². The fraction of sp³-hybridized carbons (Fsp3) is 0.500. The molecular weight excluding hydrogens is 208 g/mol.